The SMILES string of the molecule is NC(=O)Cc1ncn([C@@H]2O[C@H](CO)[C@@H](O)[C@H]2O)c1Br. The van der Waals surface area contributed by atoms with Crippen molar-refractivity contribution in [2.45, 2.75) is 31.0 Å². The maximum Gasteiger partial charge on any atom is 0.223 e. The van der Waals surface area contributed by atoms with Crippen LogP contribution in [0.2, 0.25) is 0 Å². The van der Waals surface area contributed by atoms with Crippen molar-refractivity contribution in [2.24, 2.45) is 5.73 Å². The summed E-state index contributed by atoms with van der Waals surface area (Å²) in [7, 11) is 0. The Kier molecular flexibility index (Phi) is 4.21. The summed E-state index contributed by atoms with van der Waals surface area (Å²) in [6.45, 7) is -0.408. The molecule has 1 aromatic rings. The molecule has 1 amide bonds. The molecule has 2 rings (SSSR count). The highest BCUT2D eigenvalue weighted by Crippen LogP contribution is 2.32. The van der Waals surface area contributed by atoms with Gasteiger partial charge in [0, 0.05) is 0 Å². The summed E-state index contributed by atoms with van der Waals surface area (Å²) in [4.78, 5) is 14.9. The van der Waals surface area contributed by atoms with Gasteiger partial charge in [-0.05, 0) is 15.9 Å². The molecule has 8 nitrogen and oxygen atoms in total. The van der Waals surface area contributed by atoms with Crippen molar-refractivity contribution in [3.05, 3.63) is 16.6 Å². The van der Waals surface area contributed by atoms with Crippen LogP contribution in [-0.2, 0) is 16.0 Å². The molecule has 1 saturated heterocycles. The Morgan fingerprint density at radius 3 is 2.74 bits per heavy atom. The molecule has 1 fully saturated rings. The zero-order chi connectivity index (χ0) is 14.2. The van der Waals surface area contributed by atoms with Gasteiger partial charge in [0.2, 0.25) is 5.91 Å². The van der Waals surface area contributed by atoms with Gasteiger partial charge in [0.05, 0.1) is 25.0 Å². The van der Waals surface area contributed by atoms with Gasteiger partial charge in [-0.3, -0.25) is 9.36 Å². The molecule has 1 aliphatic heterocycles. The second-order valence-corrected chi connectivity index (χ2v) is 5.01. The minimum atomic E-state index is -1.20. The van der Waals surface area contributed by atoms with E-state index in [0.29, 0.717) is 10.3 Å². The lowest BCUT2D eigenvalue weighted by Gasteiger charge is -2.17. The predicted molar refractivity (Wildman–Crippen MR) is 65.8 cm³/mol. The van der Waals surface area contributed by atoms with Gasteiger partial charge in [-0.1, -0.05) is 0 Å². The maximum absolute atomic E-state index is 10.9. The van der Waals surface area contributed by atoms with E-state index in [-0.39, 0.29) is 6.42 Å². The zero-order valence-corrected chi connectivity index (χ0v) is 11.4. The standard InChI is InChI=1S/C10H14BrN3O5/c11-9-4(1-6(12)16)13-3-14(9)10-8(18)7(17)5(2-15)19-10/h3,5,7-8,10,15,17-18H,1-2H2,(H2,12,16)/t5-,7-,8-,10-/m1/s1. The molecule has 0 bridgehead atoms. The van der Waals surface area contributed by atoms with Gasteiger partial charge in [-0.25, -0.2) is 4.98 Å². The van der Waals surface area contributed by atoms with Crippen LogP contribution < -0.4 is 5.73 Å². The van der Waals surface area contributed by atoms with E-state index in [0.717, 1.165) is 0 Å². The summed E-state index contributed by atoms with van der Waals surface area (Å²) >= 11 is 3.24. The van der Waals surface area contributed by atoms with Crippen LogP contribution in [0.5, 0.6) is 0 Å². The van der Waals surface area contributed by atoms with Gasteiger partial charge < -0.3 is 25.8 Å². The quantitative estimate of drug-likeness (QED) is 0.518. The molecular formula is C10H14BrN3O5. The average molecular weight is 336 g/mol. The highest BCUT2D eigenvalue weighted by Gasteiger charge is 2.44. The van der Waals surface area contributed by atoms with Gasteiger partial charge in [0.25, 0.3) is 0 Å². The normalized spacial score (nSPS) is 30.7. The van der Waals surface area contributed by atoms with Crippen molar-refractivity contribution in [3.63, 3.8) is 0 Å². The number of aliphatic hydroxyl groups is 3. The van der Waals surface area contributed by atoms with Crippen LogP contribution in [0.3, 0.4) is 0 Å². The molecule has 1 aromatic heterocycles. The number of ether oxygens (including phenoxy) is 1. The molecule has 0 unspecified atom stereocenters. The number of aliphatic hydroxyl groups excluding tert-OH is 3. The number of nitrogens with zero attached hydrogens (tertiary/aromatic N) is 2. The first kappa shape index (κ1) is 14.4. The maximum atomic E-state index is 10.9. The molecule has 1 aliphatic rings. The minimum Gasteiger partial charge on any atom is -0.394 e. The average Bonchev–Trinajstić information content (AvgIpc) is 2.83. The summed E-state index contributed by atoms with van der Waals surface area (Å²) in [5, 5.41) is 28.6. The van der Waals surface area contributed by atoms with Crippen LogP contribution in [0.4, 0.5) is 0 Å². The number of hydrogen-bond acceptors (Lipinski definition) is 6. The molecule has 0 saturated carbocycles. The van der Waals surface area contributed by atoms with Crippen molar-refractivity contribution >= 4 is 21.8 Å². The Hall–Kier alpha value is -1.00. The first-order valence-corrected chi connectivity index (χ1v) is 6.37. The number of imidazole rings is 1. The molecule has 0 radical (unpaired) electrons. The number of carbonyl (C=O) groups is 1. The number of nitrogens with two attached hydrogens (primary N) is 1. The highest BCUT2D eigenvalue weighted by molar-refractivity contribution is 9.10. The van der Waals surface area contributed by atoms with Crippen LogP contribution in [0.1, 0.15) is 11.9 Å². The molecular weight excluding hydrogens is 322 g/mol. The highest BCUT2D eigenvalue weighted by atomic mass is 79.9. The Morgan fingerprint density at radius 1 is 1.53 bits per heavy atom. The molecule has 0 spiro atoms. The van der Waals surface area contributed by atoms with Crippen LogP contribution in [-0.4, -0.2) is 55.7 Å². The Labute approximate surface area is 116 Å². The largest absolute Gasteiger partial charge is 0.394 e. The summed E-state index contributed by atoms with van der Waals surface area (Å²) in [6.07, 6.45) is -2.84. The fraction of sp³-hybridized carbons (Fsp3) is 0.600. The molecule has 19 heavy (non-hydrogen) atoms. The van der Waals surface area contributed by atoms with Crippen LogP contribution in [0, 0.1) is 0 Å². The van der Waals surface area contributed by atoms with E-state index < -0.39 is 37.1 Å². The van der Waals surface area contributed by atoms with Gasteiger partial charge >= 0.3 is 0 Å². The van der Waals surface area contributed by atoms with Crippen molar-refractivity contribution in [2.75, 3.05) is 6.61 Å². The van der Waals surface area contributed by atoms with E-state index in [4.69, 9.17) is 15.6 Å². The number of primary amides is 1. The van der Waals surface area contributed by atoms with E-state index in [1.54, 1.807) is 0 Å². The van der Waals surface area contributed by atoms with E-state index in [9.17, 15) is 15.0 Å². The number of rotatable bonds is 4. The third kappa shape index (κ3) is 2.65. The van der Waals surface area contributed by atoms with E-state index in [1.807, 2.05) is 0 Å². The van der Waals surface area contributed by atoms with E-state index in [2.05, 4.69) is 20.9 Å². The fourth-order valence-electron chi connectivity index (χ4n) is 1.96. The molecule has 4 atom stereocenters. The Balaban J connectivity index is 2.23. The molecule has 2 heterocycles. The Morgan fingerprint density at radius 2 is 2.21 bits per heavy atom. The van der Waals surface area contributed by atoms with Crippen molar-refractivity contribution in [3.8, 4) is 0 Å². The molecule has 9 heteroatoms. The molecule has 5 N–H and O–H groups in total. The third-order valence-corrected chi connectivity index (χ3v) is 3.80. The van der Waals surface area contributed by atoms with Crippen molar-refractivity contribution in [1.82, 2.24) is 9.55 Å². The second kappa shape index (κ2) is 5.55. The Bertz CT molecular complexity index is 480. The first-order valence-electron chi connectivity index (χ1n) is 5.57. The van der Waals surface area contributed by atoms with Crippen molar-refractivity contribution in [1.29, 1.82) is 0 Å². The smallest absolute Gasteiger partial charge is 0.223 e. The summed E-state index contributed by atoms with van der Waals surface area (Å²) in [5.41, 5.74) is 5.49. The summed E-state index contributed by atoms with van der Waals surface area (Å²) in [5.74, 6) is -0.535. The lowest BCUT2D eigenvalue weighted by Crippen LogP contribution is -2.33. The number of carbonyl (C=O) groups excluding carboxylic acids is 1. The van der Waals surface area contributed by atoms with Gasteiger partial charge in [-0.15, -0.1) is 0 Å². The molecule has 0 aliphatic carbocycles. The van der Waals surface area contributed by atoms with E-state index in [1.165, 1.54) is 10.9 Å². The van der Waals surface area contributed by atoms with E-state index >= 15 is 0 Å². The lowest BCUT2D eigenvalue weighted by atomic mass is 10.1. The van der Waals surface area contributed by atoms with Crippen LogP contribution in [0.25, 0.3) is 0 Å². The topological polar surface area (TPSA) is 131 Å². The predicted octanol–water partition coefficient (Wildman–Crippen LogP) is -1.72. The fourth-order valence-corrected chi connectivity index (χ4v) is 2.49. The van der Waals surface area contributed by atoms with Crippen LogP contribution >= 0.6 is 15.9 Å². The summed E-state index contributed by atoms with van der Waals surface area (Å²) < 4.78 is 7.21. The number of aromatic nitrogens is 2. The van der Waals surface area contributed by atoms with Crippen molar-refractivity contribution < 1.29 is 24.9 Å². The summed E-state index contributed by atoms with van der Waals surface area (Å²) in [6, 6.07) is 0. The monoisotopic (exact) mass is 335 g/mol. The number of hydrogen-bond donors (Lipinski definition) is 4. The number of amides is 1. The minimum absolute atomic E-state index is 0.0532. The van der Waals surface area contributed by atoms with Crippen LogP contribution in [0.15, 0.2) is 10.9 Å². The second-order valence-electron chi connectivity index (χ2n) is 4.26. The molecule has 0 aromatic carbocycles. The van der Waals surface area contributed by atoms with Gasteiger partial charge in [0.1, 0.15) is 22.9 Å². The zero-order valence-electron chi connectivity index (χ0n) is 9.81. The number of halogens is 1. The third-order valence-electron chi connectivity index (χ3n) is 2.94. The van der Waals surface area contributed by atoms with Gasteiger partial charge in [0.15, 0.2) is 6.23 Å². The van der Waals surface area contributed by atoms with Gasteiger partial charge in [-0.2, -0.15) is 0 Å². The lowest BCUT2D eigenvalue weighted by molar-refractivity contribution is -0.117. The first-order chi connectivity index (χ1) is 8.95. The molecule has 106 valence electrons.